The van der Waals surface area contributed by atoms with Crippen molar-refractivity contribution in [1.29, 1.82) is 0 Å². The molecule has 0 saturated carbocycles. The summed E-state index contributed by atoms with van der Waals surface area (Å²) in [6.07, 6.45) is -2.99. The van der Waals surface area contributed by atoms with Crippen LogP contribution >= 0.6 is 34.5 Å². The normalized spacial score (nSPS) is 16.7. The van der Waals surface area contributed by atoms with Gasteiger partial charge in [0.15, 0.2) is 11.6 Å². The summed E-state index contributed by atoms with van der Waals surface area (Å²) >= 11 is 13.0. The summed E-state index contributed by atoms with van der Waals surface area (Å²) in [7, 11) is -5.30. The summed E-state index contributed by atoms with van der Waals surface area (Å²) in [6, 6.07) is 2.59. The van der Waals surface area contributed by atoms with E-state index in [4.69, 9.17) is 29.3 Å². The summed E-state index contributed by atoms with van der Waals surface area (Å²) in [4.78, 5) is 3.02. The van der Waals surface area contributed by atoms with Gasteiger partial charge in [-0.05, 0) is 12.1 Å². The van der Waals surface area contributed by atoms with Crippen LogP contribution in [0.3, 0.4) is 0 Å². The Morgan fingerprint density at radius 1 is 1.42 bits per heavy atom. The standard InChI is InChI=1S/C14H10Cl2F2N2O4S2/c1-24-11-7(16)3-2-6(15)9(11)13-10(21)12-14(19-5-25-12)20(4-8(17)18)26(13,22)23/h2-3,5,8,21H,4H2,1H3/i1D. The molecule has 0 spiro atoms. The number of halogens is 4. The van der Waals surface area contributed by atoms with Crippen LogP contribution in [0.4, 0.5) is 14.6 Å². The maximum absolute atomic E-state index is 13.1. The van der Waals surface area contributed by atoms with E-state index >= 15 is 0 Å². The number of anilines is 1. The minimum atomic E-state index is -4.68. The first-order valence-corrected chi connectivity index (χ1v) is 9.86. The number of thiazole rings is 1. The number of ether oxygens (including phenoxy) is 1. The molecule has 0 amide bonds. The van der Waals surface area contributed by atoms with Crippen LogP contribution in [-0.2, 0) is 10.0 Å². The van der Waals surface area contributed by atoms with Crippen LogP contribution in [0.5, 0.6) is 5.75 Å². The smallest absolute Gasteiger partial charge is 0.270 e. The van der Waals surface area contributed by atoms with Crippen molar-refractivity contribution < 1.29 is 28.4 Å². The second kappa shape index (κ2) is 6.84. The largest absolute Gasteiger partial charge is 0.505 e. The number of aliphatic hydroxyl groups excluding tert-OH is 1. The maximum Gasteiger partial charge on any atom is 0.270 e. The molecule has 140 valence electrons. The van der Waals surface area contributed by atoms with E-state index in [1.54, 1.807) is 0 Å². The maximum atomic E-state index is 13.1. The van der Waals surface area contributed by atoms with Gasteiger partial charge in [-0.2, -0.15) is 0 Å². The van der Waals surface area contributed by atoms with E-state index in [9.17, 15) is 22.3 Å². The van der Waals surface area contributed by atoms with Crippen molar-refractivity contribution in [1.82, 2.24) is 4.98 Å². The Morgan fingerprint density at radius 3 is 2.77 bits per heavy atom. The van der Waals surface area contributed by atoms with Crippen LogP contribution in [0, 0.1) is 0 Å². The third-order valence-electron chi connectivity index (χ3n) is 3.50. The zero-order valence-corrected chi connectivity index (χ0v) is 15.8. The molecule has 0 aliphatic carbocycles. The molecule has 2 aromatic rings. The molecule has 1 aliphatic rings. The molecule has 0 atom stereocenters. The van der Waals surface area contributed by atoms with Crippen LogP contribution in [0.1, 0.15) is 11.8 Å². The molecule has 2 heterocycles. The lowest BCUT2D eigenvalue weighted by molar-refractivity contribution is 0.159. The van der Waals surface area contributed by atoms with Crippen molar-refractivity contribution >= 4 is 61.0 Å². The highest BCUT2D eigenvalue weighted by Gasteiger charge is 2.43. The van der Waals surface area contributed by atoms with Gasteiger partial charge in [0.05, 0.1) is 36.1 Å². The quantitative estimate of drug-likeness (QED) is 0.763. The molecule has 1 aromatic carbocycles. The molecular formula is C14H10Cl2F2N2O4S2. The number of sulfonamides is 1. The number of methoxy groups -OCH3 is 1. The van der Waals surface area contributed by atoms with Gasteiger partial charge in [0.2, 0.25) is 0 Å². The van der Waals surface area contributed by atoms with E-state index in [0.717, 1.165) is 11.3 Å². The lowest BCUT2D eigenvalue weighted by Crippen LogP contribution is -2.38. The molecular weight excluding hydrogens is 433 g/mol. The fourth-order valence-electron chi connectivity index (χ4n) is 2.47. The van der Waals surface area contributed by atoms with Crippen molar-refractivity contribution in [3.8, 4) is 5.75 Å². The Kier molecular flexibility index (Phi) is 4.68. The Labute approximate surface area is 162 Å². The molecule has 0 bridgehead atoms. The number of hydrogen-bond donors (Lipinski definition) is 1. The van der Waals surface area contributed by atoms with Crippen LogP contribution in [0.2, 0.25) is 10.0 Å². The lowest BCUT2D eigenvalue weighted by Gasteiger charge is -2.29. The number of nitrogens with zero attached hydrogens (tertiary/aromatic N) is 2. The van der Waals surface area contributed by atoms with Gasteiger partial charge in [0.1, 0.15) is 15.5 Å². The van der Waals surface area contributed by atoms with Gasteiger partial charge < -0.3 is 9.84 Å². The first kappa shape index (κ1) is 17.8. The highest BCUT2D eigenvalue weighted by atomic mass is 35.5. The number of rotatable bonds is 4. The van der Waals surface area contributed by atoms with E-state index in [2.05, 4.69) is 4.98 Å². The minimum Gasteiger partial charge on any atom is -0.505 e. The molecule has 0 unspecified atom stereocenters. The SMILES string of the molecule is [2H]COc1c(Cl)ccc(Cl)c1C1=C(O)c2scnc2N(CC(F)F)S1(=O)=O. The van der Waals surface area contributed by atoms with Crippen molar-refractivity contribution in [2.24, 2.45) is 0 Å². The predicted molar refractivity (Wildman–Crippen MR) is 96.8 cm³/mol. The summed E-state index contributed by atoms with van der Waals surface area (Å²) in [6.45, 7) is -1.16. The topological polar surface area (TPSA) is 79.7 Å². The van der Waals surface area contributed by atoms with Gasteiger partial charge in [-0.15, -0.1) is 11.3 Å². The van der Waals surface area contributed by atoms with E-state index in [0.29, 0.717) is 4.31 Å². The monoisotopic (exact) mass is 443 g/mol. The van der Waals surface area contributed by atoms with Crippen molar-refractivity contribution in [2.75, 3.05) is 17.9 Å². The van der Waals surface area contributed by atoms with Crippen molar-refractivity contribution in [2.45, 2.75) is 6.43 Å². The Morgan fingerprint density at radius 2 is 2.12 bits per heavy atom. The molecule has 1 N–H and O–H groups in total. The molecule has 3 rings (SSSR count). The fourth-order valence-corrected chi connectivity index (χ4v) is 5.55. The summed E-state index contributed by atoms with van der Waals surface area (Å²) in [5, 5.41) is 10.4. The number of alkyl halides is 2. The van der Waals surface area contributed by atoms with Gasteiger partial charge in [-0.25, -0.2) is 26.5 Å². The molecule has 6 nitrogen and oxygen atoms in total. The summed E-state index contributed by atoms with van der Waals surface area (Å²) in [5.74, 6) is -1.27. The first-order chi connectivity index (χ1) is 12.7. The van der Waals surface area contributed by atoms with Gasteiger partial charge in [-0.3, -0.25) is 0 Å². The van der Waals surface area contributed by atoms with E-state index < -0.39 is 40.7 Å². The molecule has 0 fully saturated rings. The highest BCUT2D eigenvalue weighted by molar-refractivity contribution is 8.02. The number of aromatic nitrogens is 1. The number of fused-ring (bicyclic) bond motifs is 1. The number of benzene rings is 1. The Balaban J connectivity index is 2.36. The molecule has 26 heavy (non-hydrogen) atoms. The predicted octanol–water partition coefficient (Wildman–Crippen LogP) is 4.26. The minimum absolute atomic E-state index is 0.0201. The van der Waals surface area contributed by atoms with Crippen LogP contribution in [0.15, 0.2) is 17.6 Å². The zero-order valence-electron chi connectivity index (χ0n) is 13.6. The first-order valence-electron chi connectivity index (χ1n) is 7.49. The second-order valence-electron chi connectivity index (χ2n) is 4.99. The van der Waals surface area contributed by atoms with Gasteiger partial charge in [0.25, 0.3) is 16.4 Å². The zero-order chi connectivity index (χ0) is 19.9. The van der Waals surface area contributed by atoms with Gasteiger partial charge >= 0.3 is 0 Å². The third kappa shape index (κ3) is 2.90. The van der Waals surface area contributed by atoms with Crippen LogP contribution in [-0.4, -0.2) is 38.6 Å². The molecule has 0 radical (unpaired) electrons. The van der Waals surface area contributed by atoms with E-state index in [-0.39, 0.29) is 32.1 Å². The molecule has 1 aliphatic heterocycles. The molecule has 0 saturated heterocycles. The van der Waals surface area contributed by atoms with Crippen molar-refractivity contribution in [3.63, 3.8) is 0 Å². The Hall–Kier alpha value is -1.62. The van der Waals surface area contributed by atoms with Gasteiger partial charge in [-0.1, -0.05) is 23.2 Å². The summed E-state index contributed by atoms with van der Waals surface area (Å²) < 4.78 is 64.9. The Bertz CT molecular complexity index is 1030. The average Bonchev–Trinajstić information content (AvgIpc) is 3.07. The second-order valence-corrected chi connectivity index (χ2v) is 8.46. The fraction of sp³-hybridized carbons (Fsp3) is 0.214. The number of hydrogen-bond acceptors (Lipinski definition) is 6. The van der Waals surface area contributed by atoms with Gasteiger partial charge in [0, 0.05) is 0 Å². The van der Waals surface area contributed by atoms with Crippen LogP contribution < -0.4 is 9.04 Å². The molecule has 12 heteroatoms. The highest BCUT2D eigenvalue weighted by Crippen LogP contribution is 2.49. The number of aliphatic hydroxyl groups is 1. The lowest BCUT2D eigenvalue weighted by atomic mass is 10.1. The van der Waals surface area contributed by atoms with Crippen molar-refractivity contribution in [3.05, 3.63) is 38.1 Å². The molecule has 1 aromatic heterocycles. The third-order valence-corrected chi connectivity index (χ3v) is 6.75. The van der Waals surface area contributed by atoms with E-state index in [1.807, 2.05) is 0 Å². The van der Waals surface area contributed by atoms with E-state index in [1.165, 1.54) is 17.6 Å². The van der Waals surface area contributed by atoms with Crippen LogP contribution in [0.25, 0.3) is 10.7 Å². The average molecular weight is 444 g/mol. The summed E-state index contributed by atoms with van der Waals surface area (Å²) in [5.41, 5.74) is 0.908.